The maximum Gasteiger partial charge on any atom is 0.121 e. The Balaban J connectivity index is 2.34. The van der Waals surface area contributed by atoms with Crippen LogP contribution >= 0.6 is 0 Å². The first-order chi connectivity index (χ1) is 8.08. The highest BCUT2D eigenvalue weighted by molar-refractivity contribution is 5.50. The topological polar surface area (TPSA) is 46.2 Å². The van der Waals surface area contributed by atoms with Crippen molar-refractivity contribution in [2.45, 2.75) is 20.3 Å². The number of aryl methyl sites for hydroxylation is 2. The molecule has 0 bridgehead atoms. The Hall–Kier alpha value is -1.96. The summed E-state index contributed by atoms with van der Waals surface area (Å²) in [5, 5.41) is 9.73. The molecule has 2 rings (SSSR count). The third kappa shape index (κ3) is 2.41. The quantitative estimate of drug-likeness (QED) is 0.774. The first kappa shape index (κ1) is 11.5. The van der Waals surface area contributed by atoms with E-state index < -0.39 is 0 Å². The van der Waals surface area contributed by atoms with Crippen molar-refractivity contribution in [2.75, 3.05) is 5.73 Å². The van der Waals surface area contributed by atoms with Crippen LogP contribution in [0.1, 0.15) is 22.3 Å². The second-order valence-corrected chi connectivity index (χ2v) is 4.45. The van der Waals surface area contributed by atoms with Gasteiger partial charge in [0.05, 0.1) is 0 Å². The largest absolute Gasteiger partial charge is 0.507 e. The zero-order valence-electron chi connectivity index (χ0n) is 10.2. The van der Waals surface area contributed by atoms with Crippen molar-refractivity contribution in [1.82, 2.24) is 0 Å². The van der Waals surface area contributed by atoms with Crippen molar-refractivity contribution >= 4 is 5.69 Å². The van der Waals surface area contributed by atoms with Gasteiger partial charge in [-0.1, -0.05) is 30.3 Å². The third-order valence-corrected chi connectivity index (χ3v) is 3.00. The first-order valence-electron chi connectivity index (χ1n) is 5.70. The molecule has 2 nitrogen and oxygen atoms in total. The highest BCUT2D eigenvalue weighted by Gasteiger charge is 2.05. The number of phenols is 1. The fraction of sp³-hybridized carbons (Fsp3) is 0.200. The molecule has 0 saturated heterocycles. The van der Waals surface area contributed by atoms with Gasteiger partial charge in [-0.05, 0) is 48.6 Å². The Morgan fingerprint density at radius 1 is 1.06 bits per heavy atom. The molecule has 2 heteroatoms. The number of anilines is 1. The van der Waals surface area contributed by atoms with Crippen molar-refractivity contribution in [2.24, 2.45) is 0 Å². The van der Waals surface area contributed by atoms with Gasteiger partial charge < -0.3 is 10.8 Å². The molecular weight excluding hydrogens is 210 g/mol. The second-order valence-electron chi connectivity index (χ2n) is 4.45. The SMILES string of the molecule is Cc1cc(Cc2ccccc2N)cc(C)c1O. The molecular formula is C15H17NO. The minimum absolute atomic E-state index is 0.384. The minimum Gasteiger partial charge on any atom is -0.507 e. The molecule has 2 aromatic carbocycles. The number of hydrogen-bond donors (Lipinski definition) is 2. The van der Waals surface area contributed by atoms with Gasteiger partial charge in [-0.25, -0.2) is 0 Å². The van der Waals surface area contributed by atoms with E-state index in [1.807, 2.05) is 50.2 Å². The summed E-state index contributed by atoms with van der Waals surface area (Å²) in [6, 6.07) is 11.9. The Kier molecular flexibility index (Phi) is 3.05. The number of benzene rings is 2. The maximum atomic E-state index is 9.73. The molecule has 0 heterocycles. The molecule has 0 atom stereocenters. The second kappa shape index (κ2) is 4.50. The lowest BCUT2D eigenvalue weighted by atomic mass is 9.99. The van der Waals surface area contributed by atoms with E-state index in [1.165, 1.54) is 5.56 Å². The monoisotopic (exact) mass is 227 g/mol. The average Bonchev–Trinajstić information content (AvgIpc) is 2.29. The Labute approximate surface area is 102 Å². The van der Waals surface area contributed by atoms with Gasteiger partial charge in [0, 0.05) is 5.69 Å². The fourth-order valence-corrected chi connectivity index (χ4v) is 2.06. The molecule has 0 aromatic heterocycles. The van der Waals surface area contributed by atoms with E-state index in [0.717, 1.165) is 28.8 Å². The van der Waals surface area contributed by atoms with Crippen LogP contribution in [0.5, 0.6) is 5.75 Å². The smallest absolute Gasteiger partial charge is 0.121 e. The summed E-state index contributed by atoms with van der Waals surface area (Å²) in [6.45, 7) is 3.83. The van der Waals surface area contributed by atoms with E-state index in [2.05, 4.69) is 0 Å². The van der Waals surface area contributed by atoms with E-state index in [0.29, 0.717) is 5.75 Å². The van der Waals surface area contributed by atoms with Crippen molar-refractivity contribution in [3.63, 3.8) is 0 Å². The zero-order chi connectivity index (χ0) is 12.4. The van der Waals surface area contributed by atoms with Crippen LogP contribution in [-0.4, -0.2) is 5.11 Å². The van der Waals surface area contributed by atoms with Crippen LogP contribution in [-0.2, 0) is 6.42 Å². The lowest BCUT2D eigenvalue weighted by Crippen LogP contribution is -1.96. The normalized spacial score (nSPS) is 10.5. The van der Waals surface area contributed by atoms with Crippen LogP contribution in [0.3, 0.4) is 0 Å². The molecule has 0 fully saturated rings. The van der Waals surface area contributed by atoms with Crippen LogP contribution < -0.4 is 5.73 Å². The Morgan fingerprint density at radius 2 is 1.65 bits per heavy atom. The van der Waals surface area contributed by atoms with E-state index in [1.54, 1.807) is 0 Å². The van der Waals surface area contributed by atoms with Crippen LogP contribution in [0.2, 0.25) is 0 Å². The van der Waals surface area contributed by atoms with E-state index in [4.69, 9.17) is 5.73 Å². The van der Waals surface area contributed by atoms with Gasteiger partial charge in [0.1, 0.15) is 5.75 Å². The van der Waals surface area contributed by atoms with Crippen LogP contribution in [0, 0.1) is 13.8 Å². The number of nitrogen functional groups attached to an aromatic ring is 1. The van der Waals surface area contributed by atoms with Crippen LogP contribution in [0.15, 0.2) is 36.4 Å². The van der Waals surface area contributed by atoms with Crippen molar-refractivity contribution < 1.29 is 5.11 Å². The molecule has 0 amide bonds. The van der Waals surface area contributed by atoms with Gasteiger partial charge in [0.2, 0.25) is 0 Å². The highest BCUT2D eigenvalue weighted by Crippen LogP contribution is 2.25. The lowest BCUT2D eigenvalue weighted by Gasteiger charge is -2.09. The van der Waals surface area contributed by atoms with Gasteiger partial charge >= 0.3 is 0 Å². The molecule has 0 aliphatic rings. The summed E-state index contributed by atoms with van der Waals surface area (Å²) >= 11 is 0. The van der Waals surface area contributed by atoms with Crippen molar-refractivity contribution in [3.05, 3.63) is 58.7 Å². The fourth-order valence-electron chi connectivity index (χ4n) is 2.06. The van der Waals surface area contributed by atoms with Gasteiger partial charge in [-0.15, -0.1) is 0 Å². The predicted molar refractivity (Wildman–Crippen MR) is 71.2 cm³/mol. The molecule has 0 unspecified atom stereocenters. The molecule has 88 valence electrons. The lowest BCUT2D eigenvalue weighted by molar-refractivity contribution is 0.466. The minimum atomic E-state index is 0.384. The number of nitrogens with two attached hydrogens (primary N) is 1. The van der Waals surface area contributed by atoms with Crippen LogP contribution in [0.4, 0.5) is 5.69 Å². The Morgan fingerprint density at radius 3 is 2.24 bits per heavy atom. The number of hydrogen-bond acceptors (Lipinski definition) is 2. The molecule has 0 saturated carbocycles. The molecule has 3 N–H and O–H groups in total. The van der Waals surface area contributed by atoms with Gasteiger partial charge in [-0.3, -0.25) is 0 Å². The summed E-state index contributed by atoms with van der Waals surface area (Å²) in [6.07, 6.45) is 0.800. The van der Waals surface area contributed by atoms with Crippen LogP contribution in [0.25, 0.3) is 0 Å². The summed E-state index contributed by atoms with van der Waals surface area (Å²) in [5.74, 6) is 0.384. The molecule has 0 aliphatic heterocycles. The van der Waals surface area contributed by atoms with Crippen molar-refractivity contribution in [1.29, 1.82) is 0 Å². The number of rotatable bonds is 2. The summed E-state index contributed by atoms with van der Waals surface area (Å²) in [7, 11) is 0. The Bertz CT molecular complexity index is 523. The van der Waals surface area contributed by atoms with Crippen molar-refractivity contribution in [3.8, 4) is 5.75 Å². The summed E-state index contributed by atoms with van der Waals surface area (Å²) in [4.78, 5) is 0. The van der Waals surface area contributed by atoms with E-state index in [9.17, 15) is 5.11 Å². The highest BCUT2D eigenvalue weighted by atomic mass is 16.3. The zero-order valence-corrected chi connectivity index (χ0v) is 10.2. The molecule has 0 aliphatic carbocycles. The first-order valence-corrected chi connectivity index (χ1v) is 5.70. The van der Waals surface area contributed by atoms with Gasteiger partial charge in [-0.2, -0.15) is 0 Å². The summed E-state index contributed by atoms with van der Waals surface area (Å²) in [5.41, 5.74) is 10.9. The maximum absolute atomic E-state index is 9.73. The number of aromatic hydroxyl groups is 1. The standard InChI is InChI=1S/C15H17NO/c1-10-7-12(8-11(2)15(10)17)9-13-5-3-4-6-14(13)16/h3-8,17H,9,16H2,1-2H3. The third-order valence-electron chi connectivity index (χ3n) is 3.00. The van der Waals surface area contributed by atoms with Gasteiger partial charge in [0.25, 0.3) is 0 Å². The average molecular weight is 227 g/mol. The van der Waals surface area contributed by atoms with E-state index >= 15 is 0 Å². The number of para-hydroxylation sites is 1. The van der Waals surface area contributed by atoms with Gasteiger partial charge in [0.15, 0.2) is 0 Å². The molecule has 0 spiro atoms. The number of phenolic OH excluding ortho intramolecular Hbond substituents is 1. The summed E-state index contributed by atoms with van der Waals surface area (Å²) < 4.78 is 0. The molecule has 0 radical (unpaired) electrons. The predicted octanol–water partition coefficient (Wildman–Crippen LogP) is 3.18. The molecule has 17 heavy (non-hydrogen) atoms. The van der Waals surface area contributed by atoms with E-state index in [-0.39, 0.29) is 0 Å². The molecule has 2 aromatic rings.